The molecule has 0 unspecified atom stereocenters. The molecule has 0 bridgehead atoms. The fraction of sp³-hybridized carbons (Fsp3) is 0.643. The average Bonchev–Trinajstić information content (AvgIpc) is 2.41. The molecule has 0 aliphatic rings. The quantitative estimate of drug-likeness (QED) is 0.711. The monoisotopic (exact) mass is 280 g/mol. The van der Waals surface area contributed by atoms with Crippen LogP contribution in [0.5, 0.6) is 0 Å². The molecule has 1 aromatic heterocycles. The Morgan fingerprint density at radius 1 is 1.10 bits per heavy atom. The molecule has 20 heavy (non-hydrogen) atoms. The molecule has 0 spiro atoms. The lowest BCUT2D eigenvalue weighted by Gasteiger charge is -2.13. The second-order valence-corrected chi connectivity index (χ2v) is 4.50. The zero-order chi connectivity index (χ0) is 15.0. The van der Waals surface area contributed by atoms with E-state index in [1.165, 1.54) is 0 Å². The fourth-order valence-corrected chi connectivity index (χ4v) is 1.73. The molecule has 0 aliphatic heterocycles. The van der Waals surface area contributed by atoms with Crippen molar-refractivity contribution < 1.29 is 9.53 Å². The van der Waals surface area contributed by atoms with Crippen LogP contribution in [0.15, 0.2) is 0 Å². The van der Waals surface area contributed by atoms with Gasteiger partial charge in [0.2, 0.25) is 0 Å². The maximum Gasteiger partial charge on any atom is 0.307 e. The van der Waals surface area contributed by atoms with Gasteiger partial charge in [0.05, 0.1) is 13.0 Å². The van der Waals surface area contributed by atoms with Crippen molar-refractivity contribution >= 4 is 17.6 Å². The van der Waals surface area contributed by atoms with Crippen LogP contribution < -0.4 is 10.6 Å². The van der Waals surface area contributed by atoms with Crippen molar-refractivity contribution in [3.63, 3.8) is 0 Å². The molecule has 0 aliphatic carbocycles. The number of anilines is 2. The highest BCUT2D eigenvalue weighted by Crippen LogP contribution is 2.19. The molecular weight excluding hydrogens is 256 g/mol. The number of aromatic nitrogens is 2. The molecule has 1 rings (SSSR count). The smallest absolute Gasteiger partial charge is 0.307 e. The molecule has 2 N–H and O–H groups in total. The van der Waals surface area contributed by atoms with Gasteiger partial charge >= 0.3 is 5.97 Å². The Hall–Kier alpha value is -1.85. The maximum atomic E-state index is 11.3. The number of ether oxygens (including phenoxy) is 1. The van der Waals surface area contributed by atoms with Crippen LogP contribution in [0.2, 0.25) is 0 Å². The predicted octanol–water partition coefficient (Wildman–Crippen LogP) is 2.28. The molecule has 6 nitrogen and oxygen atoms in total. The van der Waals surface area contributed by atoms with E-state index in [2.05, 4.69) is 27.5 Å². The first-order valence-corrected chi connectivity index (χ1v) is 7.07. The van der Waals surface area contributed by atoms with Gasteiger partial charge in [-0.2, -0.15) is 0 Å². The number of carbonyl (C=O) groups is 1. The zero-order valence-corrected chi connectivity index (χ0v) is 12.7. The van der Waals surface area contributed by atoms with Crippen molar-refractivity contribution in [1.29, 1.82) is 0 Å². The summed E-state index contributed by atoms with van der Waals surface area (Å²) in [6.45, 7) is 9.51. The van der Waals surface area contributed by atoms with E-state index in [4.69, 9.17) is 4.74 Å². The van der Waals surface area contributed by atoms with Gasteiger partial charge in [-0.15, -0.1) is 0 Å². The zero-order valence-electron chi connectivity index (χ0n) is 12.7. The highest BCUT2D eigenvalue weighted by atomic mass is 16.5. The van der Waals surface area contributed by atoms with E-state index < -0.39 is 0 Å². The fourth-order valence-electron chi connectivity index (χ4n) is 1.73. The minimum atomic E-state index is -0.201. The van der Waals surface area contributed by atoms with Crippen molar-refractivity contribution in [2.75, 3.05) is 30.3 Å². The van der Waals surface area contributed by atoms with Crippen LogP contribution in [0.1, 0.15) is 38.1 Å². The lowest BCUT2D eigenvalue weighted by Crippen LogP contribution is -2.14. The largest absolute Gasteiger partial charge is 0.466 e. The first-order chi connectivity index (χ1) is 9.58. The van der Waals surface area contributed by atoms with Crippen LogP contribution in [0, 0.1) is 13.8 Å². The summed E-state index contributed by atoms with van der Waals surface area (Å²) < 4.78 is 4.89. The van der Waals surface area contributed by atoms with E-state index in [9.17, 15) is 4.79 Å². The normalized spacial score (nSPS) is 10.2. The molecule has 0 aromatic carbocycles. The first kappa shape index (κ1) is 16.2. The minimum absolute atomic E-state index is 0.201. The van der Waals surface area contributed by atoms with Gasteiger partial charge in [0.1, 0.15) is 17.5 Å². The second-order valence-electron chi connectivity index (χ2n) is 4.50. The summed E-state index contributed by atoms with van der Waals surface area (Å²) in [4.78, 5) is 20.0. The molecule has 1 aromatic rings. The third-order valence-electron chi connectivity index (χ3n) is 2.73. The number of rotatable bonds is 8. The van der Waals surface area contributed by atoms with E-state index >= 15 is 0 Å². The number of nitrogens with zero attached hydrogens (tertiary/aromatic N) is 2. The summed E-state index contributed by atoms with van der Waals surface area (Å²) in [6, 6.07) is 0. The summed E-state index contributed by atoms with van der Waals surface area (Å²) in [7, 11) is 0. The molecule has 0 amide bonds. The van der Waals surface area contributed by atoms with Crippen LogP contribution in [0.25, 0.3) is 0 Å². The van der Waals surface area contributed by atoms with Crippen molar-refractivity contribution in [2.45, 2.75) is 40.5 Å². The van der Waals surface area contributed by atoms with Crippen molar-refractivity contribution in [2.24, 2.45) is 0 Å². The van der Waals surface area contributed by atoms with E-state index in [0.717, 1.165) is 30.2 Å². The lowest BCUT2D eigenvalue weighted by atomic mass is 10.3. The number of carbonyl (C=O) groups excluding carboxylic acids is 1. The van der Waals surface area contributed by atoms with Crippen LogP contribution in [0.3, 0.4) is 0 Å². The maximum absolute atomic E-state index is 11.3. The highest BCUT2D eigenvalue weighted by molar-refractivity contribution is 5.70. The SMILES string of the molecule is CCCNc1nc(C)nc(NCCC(=O)OCC)c1C. The van der Waals surface area contributed by atoms with E-state index in [1.54, 1.807) is 6.92 Å². The van der Waals surface area contributed by atoms with Gasteiger partial charge in [-0.1, -0.05) is 6.92 Å². The van der Waals surface area contributed by atoms with E-state index in [0.29, 0.717) is 25.4 Å². The van der Waals surface area contributed by atoms with Gasteiger partial charge < -0.3 is 15.4 Å². The number of aryl methyl sites for hydroxylation is 1. The number of esters is 1. The van der Waals surface area contributed by atoms with Crippen LogP contribution in [-0.2, 0) is 9.53 Å². The molecule has 0 saturated heterocycles. The van der Waals surface area contributed by atoms with Crippen molar-refractivity contribution in [1.82, 2.24) is 9.97 Å². The van der Waals surface area contributed by atoms with E-state index in [-0.39, 0.29) is 5.97 Å². The van der Waals surface area contributed by atoms with Crippen LogP contribution in [0.4, 0.5) is 11.6 Å². The van der Waals surface area contributed by atoms with Gasteiger partial charge in [0.25, 0.3) is 0 Å². The van der Waals surface area contributed by atoms with Crippen LogP contribution >= 0.6 is 0 Å². The Balaban J connectivity index is 2.64. The van der Waals surface area contributed by atoms with Gasteiger partial charge in [0.15, 0.2) is 0 Å². The predicted molar refractivity (Wildman–Crippen MR) is 80.0 cm³/mol. The molecule has 0 fully saturated rings. The summed E-state index contributed by atoms with van der Waals surface area (Å²) in [5, 5.41) is 6.45. The standard InChI is InChI=1S/C14H24N4O2/c1-5-8-15-13-10(3)14(18-11(4)17-13)16-9-7-12(19)20-6-2/h5-9H2,1-4H3,(H2,15,16,17,18). The molecular formula is C14H24N4O2. The third kappa shape index (κ3) is 5.03. The highest BCUT2D eigenvalue weighted by Gasteiger charge is 2.09. The van der Waals surface area contributed by atoms with Gasteiger partial charge in [-0.3, -0.25) is 4.79 Å². The van der Waals surface area contributed by atoms with Crippen molar-refractivity contribution in [3.8, 4) is 0 Å². The van der Waals surface area contributed by atoms with Gasteiger partial charge in [-0.25, -0.2) is 9.97 Å². The Morgan fingerprint density at radius 3 is 2.25 bits per heavy atom. The number of nitrogens with one attached hydrogen (secondary N) is 2. The molecule has 0 atom stereocenters. The van der Waals surface area contributed by atoms with Crippen molar-refractivity contribution in [3.05, 3.63) is 11.4 Å². The number of hydrogen-bond acceptors (Lipinski definition) is 6. The third-order valence-corrected chi connectivity index (χ3v) is 2.73. The van der Waals surface area contributed by atoms with Gasteiger partial charge in [0, 0.05) is 18.7 Å². The Bertz CT molecular complexity index is 449. The summed E-state index contributed by atoms with van der Waals surface area (Å²) in [6.07, 6.45) is 1.36. The molecule has 6 heteroatoms. The minimum Gasteiger partial charge on any atom is -0.466 e. The summed E-state index contributed by atoms with van der Waals surface area (Å²) >= 11 is 0. The Morgan fingerprint density at radius 2 is 1.70 bits per heavy atom. The van der Waals surface area contributed by atoms with Crippen LogP contribution in [-0.4, -0.2) is 35.6 Å². The average molecular weight is 280 g/mol. The van der Waals surface area contributed by atoms with E-state index in [1.807, 2.05) is 13.8 Å². The first-order valence-electron chi connectivity index (χ1n) is 7.07. The number of hydrogen-bond donors (Lipinski definition) is 2. The summed E-state index contributed by atoms with van der Waals surface area (Å²) in [5.74, 6) is 2.11. The Kier molecular flexibility index (Phi) is 6.76. The Labute approximate surface area is 120 Å². The lowest BCUT2D eigenvalue weighted by molar-refractivity contribution is -0.142. The molecule has 1 heterocycles. The second kappa shape index (κ2) is 8.35. The molecule has 112 valence electrons. The van der Waals surface area contributed by atoms with Gasteiger partial charge in [-0.05, 0) is 27.2 Å². The molecule has 0 radical (unpaired) electrons. The summed E-state index contributed by atoms with van der Waals surface area (Å²) in [5.41, 5.74) is 0.966. The molecule has 0 saturated carbocycles. The topological polar surface area (TPSA) is 76.1 Å².